The van der Waals surface area contributed by atoms with Crippen LogP contribution in [-0.2, 0) is 9.84 Å². The molecule has 0 radical (unpaired) electrons. The molecule has 0 atom stereocenters. The highest BCUT2D eigenvalue weighted by Gasteiger charge is 2.32. The first-order valence-corrected chi connectivity index (χ1v) is 6.40. The molecule has 0 spiro atoms. The van der Waals surface area contributed by atoms with Crippen molar-refractivity contribution in [3.63, 3.8) is 0 Å². The third-order valence-electron chi connectivity index (χ3n) is 1.99. The van der Waals surface area contributed by atoms with Gasteiger partial charge in [0.05, 0.1) is 13.4 Å². The second-order valence-electron chi connectivity index (χ2n) is 3.23. The molecule has 1 aromatic rings. The van der Waals surface area contributed by atoms with Crippen molar-refractivity contribution in [1.29, 1.82) is 0 Å². The maximum absolute atomic E-state index is 11.7. The van der Waals surface area contributed by atoms with Crippen LogP contribution in [-0.4, -0.2) is 37.4 Å². The zero-order chi connectivity index (χ0) is 13.1. The van der Waals surface area contributed by atoms with Crippen molar-refractivity contribution in [2.75, 3.05) is 13.4 Å². The van der Waals surface area contributed by atoms with Crippen molar-refractivity contribution in [2.24, 2.45) is 0 Å². The van der Waals surface area contributed by atoms with Crippen molar-refractivity contribution in [2.45, 2.75) is 0 Å². The molecule has 0 fully saturated rings. The molecule has 0 amide bonds. The minimum Gasteiger partial charge on any atom is -0.497 e. The van der Waals surface area contributed by atoms with Crippen LogP contribution in [0.3, 0.4) is 0 Å². The summed E-state index contributed by atoms with van der Waals surface area (Å²) in [7, 11) is -2.39. The van der Waals surface area contributed by atoms with Crippen LogP contribution in [0.4, 0.5) is 0 Å². The lowest BCUT2D eigenvalue weighted by Gasteiger charge is -1.99. The van der Waals surface area contributed by atoms with Gasteiger partial charge in [-0.25, -0.2) is 8.42 Å². The summed E-state index contributed by atoms with van der Waals surface area (Å²) in [6.07, 6.45) is 0.795. The lowest BCUT2D eigenvalue weighted by molar-refractivity contribution is -0.00152. The predicted octanol–water partition coefficient (Wildman–Crippen LogP) is 0.551. The zero-order valence-electron chi connectivity index (χ0n) is 9.25. The molecule has 6 nitrogen and oxygen atoms in total. The van der Waals surface area contributed by atoms with Gasteiger partial charge in [0, 0.05) is 5.56 Å². The molecular weight excluding hydrogens is 244 g/mol. The molecule has 1 aromatic carbocycles. The molecule has 0 aliphatic rings. The number of rotatable bonds is 3. The Bertz CT molecular complexity index is 583. The van der Waals surface area contributed by atoms with Crippen LogP contribution >= 0.6 is 0 Å². The number of methoxy groups -OCH3 is 1. The fourth-order valence-corrected chi connectivity index (χ4v) is 1.76. The standard InChI is InChI=1S/C10H10N2O4S/c1-16-8-5-3-7(4-6-8)9(13)10(12-11)17(2,14)15/h3-6H,1-2H3. The number of ketones is 1. The number of carbonyl (C=O) groups excluding carboxylic acids is 1. The molecule has 0 aromatic heterocycles. The minimum atomic E-state index is -3.86. The Labute approximate surface area is 98.4 Å². The Balaban J connectivity index is 3.17. The number of hydrogen-bond acceptors (Lipinski definition) is 4. The summed E-state index contributed by atoms with van der Waals surface area (Å²) in [5.74, 6) is -0.332. The molecule has 7 heteroatoms. The van der Waals surface area contributed by atoms with Gasteiger partial charge in [-0.2, -0.15) is 0 Å². The molecule has 0 unspecified atom stereocenters. The van der Waals surface area contributed by atoms with E-state index in [0.29, 0.717) is 5.75 Å². The van der Waals surface area contributed by atoms with Gasteiger partial charge in [-0.1, -0.05) is 0 Å². The first kappa shape index (κ1) is 13.1. The van der Waals surface area contributed by atoms with Crippen LogP contribution in [0.5, 0.6) is 5.75 Å². The molecule has 0 bridgehead atoms. The molecule has 0 N–H and O–H groups in total. The summed E-state index contributed by atoms with van der Waals surface area (Å²) < 4.78 is 27.2. The highest BCUT2D eigenvalue weighted by Crippen LogP contribution is 2.12. The van der Waals surface area contributed by atoms with Gasteiger partial charge in [-0.15, -0.1) is 4.79 Å². The maximum atomic E-state index is 11.7. The van der Waals surface area contributed by atoms with Gasteiger partial charge in [0.2, 0.25) is 0 Å². The smallest absolute Gasteiger partial charge is 0.452 e. The summed E-state index contributed by atoms with van der Waals surface area (Å²) in [5.41, 5.74) is 8.66. The van der Waals surface area contributed by atoms with Gasteiger partial charge in [-0.3, -0.25) is 4.79 Å². The second kappa shape index (κ2) is 4.90. The Morgan fingerprint density at radius 2 is 1.82 bits per heavy atom. The van der Waals surface area contributed by atoms with Gasteiger partial charge < -0.3 is 10.3 Å². The highest BCUT2D eigenvalue weighted by molar-refractivity contribution is 8.07. The number of benzene rings is 1. The molecule has 0 aliphatic heterocycles. The first-order chi connectivity index (χ1) is 7.90. The van der Waals surface area contributed by atoms with Crippen LogP contribution in [0.25, 0.3) is 5.53 Å². The number of nitrogens with zero attached hydrogens (tertiary/aromatic N) is 2. The van der Waals surface area contributed by atoms with E-state index in [-0.39, 0.29) is 5.56 Å². The van der Waals surface area contributed by atoms with Gasteiger partial charge >= 0.3 is 5.04 Å². The number of carbonyl (C=O) groups is 1. The van der Waals surface area contributed by atoms with Gasteiger partial charge in [0.15, 0.2) is 0 Å². The molecule has 0 saturated heterocycles. The van der Waals surface area contributed by atoms with E-state index in [9.17, 15) is 13.2 Å². The van der Waals surface area contributed by atoms with Gasteiger partial charge in [-0.05, 0) is 24.3 Å². The fourth-order valence-electron chi connectivity index (χ4n) is 1.15. The topological polar surface area (TPSA) is 96.8 Å². The first-order valence-electron chi connectivity index (χ1n) is 4.51. The van der Waals surface area contributed by atoms with E-state index in [1.807, 2.05) is 0 Å². The Morgan fingerprint density at radius 3 is 2.18 bits per heavy atom. The van der Waals surface area contributed by atoms with Crippen molar-refractivity contribution in [3.8, 4) is 5.75 Å². The molecule has 1 rings (SSSR count). The summed E-state index contributed by atoms with van der Waals surface area (Å²) in [4.78, 5) is 14.2. The lowest BCUT2D eigenvalue weighted by atomic mass is 10.1. The number of hydrogen-bond donors (Lipinski definition) is 0. The van der Waals surface area contributed by atoms with Crippen molar-refractivity contribution < 1.29 is 22.7 Å². The molecule has 0 aliphatic carbocycles. The number of sulfone groups is 1. The molecule has 0 heterocycles. The van der Waals surface area contributed by atoms with Crippen molar-refractivity contribution in [3.05, 3.63) is 35.4 Å². The predicted molar refractivity (Wildman–Crippen MR) is 60.8 cm³/mol. The van der Waals surface area contributed by atoms with E-state index in [2.05, 4.69) is 4.79 Å². The maximum Gasteiger partial charge on any atom is 0.452 e. The molecule has 90 valence electrons. The zero-order valence-corrected chi connectivity index (χ0v) is 10.1. The van der Waals surface area contributed by atoms with Crippen LogP contribution in [0.1, 0.15) is 10.4 Å². The van der Waals surface area contributed by atoms with Crippen LogP contribution in [0, 0.1) is 0 Å². The summed E-state index contributed by atoms with van der Waals surface area (Å²) in [6, 6.07) is 5.78. The average Bonchev–Trinajstić information content (AvgIpc) is 2.28. The quantitative estimate of drug-likeness (QED) is 0.258. The van der Waals surface area contributed by atoms with E-state index < -0.39 is 20.7 Å². The van der Waals surface area contributed by atoms with E-state index in [1.54, 1.807) is 0 Å². The van der Waals surface area contributed by atoms with Crippen LogP contribution < -0.4 is 4.74 Å². The van der Waals surface area contributed by atoms with E-state index in [4.69, 9.17) is 10.3 Å². The molecule has 0 saturated carbocycles. The fraction of sp³-hybridized carbons (Fsp3) is 0.200. The largest absolute Gasteiger partial charge is 0.497 e. The number of Topliss-reactive ketones (excluding diaryl/α,β-unsaturated/α-hetero) is 1. The van der Waals surface area contributed by atoms with Crippen molar-refractivity contribution in [1.82, 2.24) is 0 Å². The Morgan fingerprint density at radius 1 is 1.29 bits per heavy atom. The minimum absolute atomic E-state index is 0.101. The van der Waals surface area contributed by atoms with Gasteiger partial charge in [0.25, 0.3) is 15.6 Å². The molecule has 17 heavy (non-hydrogen) atoms. The Hall–Kier alpha value is -1.98. The monoisotopic (exact) mass is 254 g/mol. The summed E-state index contributed by atoms with van der Waals surface area (Å²) >= 11 is 0. The van der Waals surface area contributed by atoms with E-state index >= 15 is 0 Å². The third-order valence-corrected chi connectivity index (χ3v) is 2.96. The SMILES string of the molecule is COc1ccc(C(=O)C(=[N+]=[N-])S(C)(=O)=O)cc1. The normalized spacial score (nSPS) is 10.5. The Kier molecular flexibility index (Phi) is 3.77. The lowest BCUT2D eigenvalue weighted by Crippen LogP contribution is -2.24. The van der Waals surface area contributed by atoms with E-state index in [0.717, 1.165) is 6.26 Å². The third kappa shape index (κ3) is 2.99. The number of ether oxygens (including phenoxy) is 1. The highest BCUT2D eigenvalue weighted by atomic mass is 32.2. The summed E-state index contributed by atoms with van der Waals surface area (Å²) in [5, 5.41) is -0.886. The van der Waals surface area contributed by atoms with Crippen molar-refractivity contribution >= 4 is 20.7 Å². The van der Waals surface area contributed by atoms with Crippen LogP contribution in [0.15, 0.2) is 24.3 Å². The second-order valence-corrected chi connectivity index (χ2v) is 5.17. The van der Waals surface area contributed by atoms with Crippen LogP contribution in [0.2, 0.25) is 0 Å². The van der Waals surface area contributed by atoms with E-state index in [1.165, 1.54) is 31.4 Å². The molecular formula is C10H10N2O4S. The summed E-state index contributed by atoms with van der Waals surface area (Å²) in [6.45, 7) is 0. The van der Waals surface area contributed by atoms with Gasteiger partial charge in [0.1, 0.15) is 5.75 Å². The average molecular weight is 254 g/mol.